The number of nitrogens with two attached hydrogens (primary N) is 1. The van der Waals surface area contributed by atoms with Gasteiger partial charge in [-0.25, -0.2) is 0 Å². The van der Waals surface area contributed by atoms with Crippen molar-refractivity contribution in [3.8, 4) is 0 Å². The van der Waals surface area contributed by atoms with Gasteiger partial charge in [-0.05, 0) is 13.8 Å². The number of quaternary nitrogens is 3. The molecule has 0 aliphatic carbocycles. The highest BCUT2D eigenvalue weighted by atomic mass is 15.3. The molecule has 0 unspecified atom stereocenters. The zero-order chi connectivity index (χ0) is 11.0. The fraction of sp³-hybridized carbons (Fsp3) is 1.00. The molecule has 5 N–H and O–H groups in total. The summed E-state index contributed by atoms with van der Waals surface area (Å²) >= 11 is 0. The molecule has 0 aliphatic heterocycles. The van der Waals surface area contributed by atoms with Crippen molar-refractivity contribution in [3.05, 3.63) is 0 Å². The molecule has 0 aliphatic rings. The average Bonchev–Trinajstić information content (AvgIpc) is 2.10. The van der Waals surface area contributed by atoms with Gasteiger partial charge in [0.15, 0.2) is 0 Å². The van der Waals surface area contributed by atoms with Gasteiger partial charge in [-0.1, -0.05) is 0 Å². The Kier molecular flexibility index (Phi) is 7.15. The molecule has 0 fully saturated rings. The summed E-state index contributed by atoms with van der Waals surface area (Å²) in [6.45, 7) is 9.48. The van der Waals surface area contributed by atoms with Gasteiger partial charge < -0.3 is 15.5 Å². The lowest BCUT2D eigenvalue weighted by molar-refractivity contribution is -0.912. The van der Waals surface area contributed by atoms with Gasteiger partial charge in [0, 0.05) is 12.8 Å². The predicted octanol–water partition coefficient (Wildman–Crippen LogP) is -0.943. The van der Waals surface area contributed by atoms with E-state index in [1.54, 1.807) is 0 Å². The van der Waals surface area contributed by atoms with Gasteiger partial charge in [-0.2, -0.15) is 0 Å². The molecule has 3 heteroatoms. The minimum atomic E-state index is 0.731. The molecule has 0 heterocycles. The highest BCUT2D eigenvalue weighted by Gasteiger charge is 2.18. The Bertz CT molecular complexity index is 132. The summed E-state index contributed by atoms with van der Waals surface area (Å²) in [5, 5.41) is 2.42. The normalized spacial score (nSPS) is 12.4. The number of hydrogen-bond donors (Lipinski definition) is 2. The topological polar surface area (TPSA) is 44.2 Å². The Morgan fingerprint density at radius 1 is 1.14 bits per heavy atom. The third kappa shape index (κ3) is 6.35. The van der Waals surface area contributed by atoms with Crippen LogP contribution in [0.4, 0.5) is 0 Å². The van der Waals surface area contributed by atoms with E-state index in [0.717, 1.165) is 17.1 Å². The van der Waals surface area contributed by atoms with Crippen molar-refractivity contribution < 1.29 is 15.5 Å². The van der Waals surface area contributed by atoms with Crippen molar-refractivity contribution in [3.63, 3.8) is 0 Å². The van der Waals surface area contributed by atoms with Crippen LogP contribution in [0.25, 0.3) is 0 Å². The second kappa shape index (κ2) is 7.21. The molecule has 0 radical (unpaired) electrons. The third-order valence-corrected chi connectivity index (χ3v) is 3.20. The second-order valence-corrected chi connectivity index (χ2v) is 5.02. The predicted molar refractivity (Wildman–Crippen MR) is 60.8 cm³/mol. The van der Waals surface area contributed by atoms with Gasteiger partial charge in [-0.3, -0.25) is 0 Å². The smallest absolute Gasteiger partial charge is 0.0838 e. The highest BCUT2D eigenvalue weighted by Crippen LogP contribution is 2.05. The van der Waals surface area contributed by atoms with Crippen LogP contribution in [0.15, 0.2) is 0 Å². The Morgan fingerprint density at radius 3 is 2.21 bits per heavy atom. The molecule has 0 atom stereocenters. The number of rotatable bonds is 8. The average molecular weight is 204 g/mol. The molecule has 0 rings (SSSR count). The molecule has 3 nitrogen and oxygen atoms in total. The summed E-state index contributed by atoms with van der Waals surface area (Å²) in [6.07, 6.45) is 2.57. The summed E-state index contributed by atoms with van der Waals surface area (Å²) in [7, 11) is 4.64. The van der Waals surface area contributed by atoms with Gasteiger partial charge in [0.1, 0.15) is 0 Å². The summed E-state index contributed by atoms with van der Waals surface area (Å²) in [5.74, 6) is 0. The van der Waals surface area contributed by atoms with Crippen molar-refractivity contribution in [2.24, 2.45) is 0 Å². The summed E-state index contributed by atoms with van der Waals surface area (Å²) < 4.78 is 1.14. The van der Waals surface area contributed by atoms with E-state index in [4.69, 9.17) is 0 Å². The maximum absolute atomic E-state index is 3.84. The first-order chi connectivity index (χ1) is 6.50. The van der Waals surface area contributed by atoms with Crippen LogP contribution < -0.4 is 11.1 Å². The van der Waals surface area contributed by atoms with E-state index in [2.05, 4.69) is 39.0 Å². The summed E-state index contributed by atoms with van der Waals surface area (Å²) in [5.41, 5.74) is 3.84. The van der Waals surface area contributed by atoms with E-state index in [-0.39, 0.29) is 0 Å². The van der Waals surface area contributed by atoms with E-state index in [1.165, 1.54) is 32.5 Å². The molecule has 0 spiro atoms. The van der Waals surface area contributed by atoms with E-state index < -0.39 is 0 Å². The molecule has 0 aromatic heterocycles. The minimum absolute atomic E-state index is 0.731. The largest absolute Gasteiger partial charge is 0.357 e. The minimum Gasteiger partial charge on any atom is -0.357 e. The zero-order valence-electron chi connectivity index (χ0n) is 10.6. The van der Waals surface area contributed by atoms with E-state index in [9.17, 15) is 0 Å². The molecule has 0 saturated heterocycles. The molecular weight excluding hydrogens is 174 g/mol. The first kappa shape index (κ1) is 13.9. The lowest BCUT2D eigenvalue weighted by Gasteiger charge is -2.33. The fourth-order valence-corrected chi connectivity index (χ4v) is 1.33. The van der Waals surface area contributed by atoms with Crippen LogP contribution in [0, 0.1) is 0 Å². The van der Waals surface area contributed by atoms with E-state index >= 15 is 0 Å². The molecule has 0 aromatic rings. The van der Waals surface area contributed by atoms with Gasteiger partial charge in [0.25, 0.3) is 0 Å². The lowest BCUT2D eigenvalue weighted by atomic mass is 10.2. The Labute approximate surface area is 89.2 Å². The molecule has 14 heavy (non-hydrogen) atoms. The first-order valence-corrected chi connectivity index (χ1v) is 5.94. The van der Waals surface area contributed by atoms with Gasteiger partial charge >= 0.3 is 0 Å². The van der Waals surface area contributed by atoms with Crippen molar-refractivity contribution in [1.82, 2.24) is 0 Å². The first-order valence-electron chi connectivity index (χ1n) is 5.94. The Hall–Kier alpha value is -0.120. The number of hydrogen-bond acceptors (Lipinski definition) is 0. The molecule has 0 bridgehead atoms. The SMILES string of the molecule is CC(C)[N+](C)(C)CCC[NH2+]CCC[NH3+]. The molecule has 0 saturated carbocycles. The zero-order valence-corrected chi connectivity index (χ0v) is 10.6. The van der Waals surface area contributed by atoms with Gasteiger partial charge in [0.05, 0.1) is 46.3 Å². The second-order valence-electron chi connectivity index (χ2n) is 5.02. The molecule has 0 amide bonds. The Morgan fingerprint density at radius 2 is 1.71 bits per heavy atom. The Balaban J connectivity index is 3.35. The quantitative estimate of drug-likeness (QED) is 0.379. The van der Waals surface area contributed by atoms with Gasteiger partial charge in [0.2, 0.25) is 0 Å². The van der Waals surface area contributed by atoms with E-state index in [1.807, 2.05) is 0 Å². The van der Waals surface area contributed by atoms with Crippen LogP contribution in [0.5, 0.6) is 0 Å². The third-order valence-electron chi connectivity index (χ3n) is 3.20. The van der Waals surface area contributed by atoms with Crippen LogP contribution >= 0.6 is 0 Å². The number of nitrogens with zero attached hydrogens (tertiary/aromatic N) is 1. The van der Waals surface area contributed by atoms with Crippen molar-refractivity contribution in [2.45, 2.75) is 32.7 Å². The standard InChI is InChI=1S/C11H28N3/c1-11(2)14(3,4)10-6-9-13-8-5-7-12/h11,13H,5-10,12H2,1-4H3/q+1/p+2. The fourth-order valence-electron chi connectivity index (χ4n) is 1.33. The monoisotopic (exact) mass is 204 g/mol. The van der Waals surface area contributed by atoms with Crippen molar-refractivity contribution in [1.29, 1.82) is 0 Å². The van der Waals surface area contributed by atoms with Crippen LogP contribution in [-0.2, 0) is 0 Å². The summed E-state index contributed by atoms with van der Waals surface area (Å²) in [6, 6.07) is 0.731. The van der Waals surface area contributed by atoms with Crippen LogP contribution in [0.1, 0.15) is 26.7 Å². The molecular formula is C11H30N3+3. The highest BCUT2D eigenvalue weighted by molar-refractivity contribution is 4.41. The van der Waals surface area contributed by atoms with Crippen molar-refractivity contribution in [2.75, 3.05) is 40.3 Å². The van der Waals surface area contributed by atoms with Crippen LogP contribution in [0.3, 0.4) is 0 Å². The summed E-state index contributed by atoms with van der Waals surface area (Å²) in [4.78, 5) is 0. The van der Waals surface area contributed by atoms with Crippen molar-refractivity contribution >= 4 is 0 Å². The molecule has 0 aromatic carbocycles. The lowest BCUT2D eigenvalue weighted by Crippen LogP contribution is -2.85. The maximum atomic E-state index is 3.84. The maximum Gasteiger partial charge on any atom is 0.0838 e. The van der Waals surface area contributed by atoms with Crippen LogP contribution in [-0.4, -0.2) is 50.8 Å². The van der Waals surface area contributed by atoms with E-state index in [0.29, 0.717) is 0 Å². The van der Waals surface area contributed by atoms with Crippen LogP contribution in [0.2, 0.25) is 0 Å². The molecule has 86 valence electrons. The van der Waals surface area contributed by atoms with Gasteiger partial charge in [-0.15, -0.1) is 0 Å².